The highest BCUT2D eigenvalue weighted by Gasteiger charge is 2.31. The third-order valence-electron chi connectivity index (χ3n) is 1.61. The largest absolute Gasteiger partial charge is 0.368 e. The van der Waals surface area contributed by atoms with Crippen molar-refractivity contribution in [1.29, 1.82) is 0 Å². The highest BCUT2D eigenvalue weighted by atomic mass is 32.1. The van der Waals surface area contributed by atoms with Gasteiger partial charge in [0.15, 0.2) is 0 Å². The molecule has 60 valence electrons. The third-order valence-corrected chi connectivity index (χ3v) is 2.51. The zero-order valence-corrected chi connectivity index (χ0v) is 7.19. The molecule has 4 heteroatoms. The van der Waals surface area contributed by atoms with Crippen LogP contribution in [0.3, 0.4) is 0 Å². The fraction of sp³-hybridized carbons (Fsp3) is 0.833. The highest BCUT2D eigenvalue weighted by molar-refractivity contribution is 7.81. The van der Waals surface area contributed by atoms with Gasteiger partial charge in [-0.15, -0.1) is 0 Å². The van der Waals surface area contributed by atoms with Gasteiger partial charge in [-0.3, -0.25) is 4.79 Å². The van der Waals surface area contributed by atoms with Crippen LogP contribution in [0.15, 0.2) is 0 Å². The summed E-state index contributed by atoms with van der Waals surface area (Å²) >= 11 is 4.12. The summed E-state index contributed by atoms with van der Waals surface area (Å²) in [6.07, 6.45) is 0.735. The van der Waals surface area contributed by atoms with Crippen LogP contribution >= 0.6 is 12.6 Å². The topological polar surface area (TPSA) is 69.1 Å². The van der Waals surface area contributed by atoms with Crippen molar-refractivity contribution in [3.8, 4) is 0 Å². The Kier molecular flexibility index (Phi) is 3.18. The molecule has 0 aliphatic heterocycles. The molecule has 0 aliphatic carbocycles. The van der Waals surface area contributed by atoms with Crippen molar-refractivity contribution in [3.63, 3.8) is 0 Å². The predicted octanol–water partition coefficient (Wildman–Crippen LogP) is -0.103. The molecule has 0 saturated heterocycles. The minimum Gasteiger partial charge on any atom is -0.368 e. The molecule has 0 aromatic rings. The molecule has 2 atom stereocenters. The number of primary amides is 1. The second kappa shape index (κ2) is 3.25. The van der Waals surface area contributed by atoms with Crippen LogP contribution in [0.2, 0.25) is 0 Å². The van der Waals surface area contributed by atoms with Gasteiger partial charge in [0.2, 0.25) is 5.91 Å². The van der Waals surface area contributed by atoms with Gasteiger partial charge in [-0.25, -0.2) is 0 Å². The van der Waals surface area contributed by atoms with E-state index in [2.05, 4.69) is 12.6 Å². The number of carbonyl (C=O) groups excluding carboxylic acids is 1. The van der Waals surface area contributed by atoms with E-state index in [0.717, 1.165) is 6.42 Å². The maximum atomic E-state index is 10.7. The number of thiol groups is 1. The molecule has 0 rings (SSSR count). The van der Waals surface area contributed by atoms with Crippen molar-refractivity contribution < 1.29 is 4.79 Å². The molecule has 3 nitrogen and oxygen atoms in total. The molecule has 0 fully saturated rings. The average molecular weight is 162 g/mol. The normalized spacial score (nSPS) is 19.6. The van der Waals surface area contributed by atoms with Crippen molar-refractivity contribution in [2.45, 2.75) is 31.1 Å². The molecular weight excluding hydrogens is 148 g/mol. The van der Waals surface area contributed by atoms with Crippen LogP contribution in [0.4, 0.5) is 0 Å². The average Bonchev–Trinajstić information content (AvgIpc) is 1.86. The van der Waals surface area contributed by atoms with E-state index in [-0.39, 0.29) is 5.25 Å². The van der Waals surface area contributed by atoms with Crippen molar-refractivity contribution in [2.24, 2.45) is 11.5 Å². The molecular formula is C6H14N2OS. The monoisotopic (exact) mass is 162 g/mol. The summed E-state index contributed by atoms with van der Waals surface area (Å²) in [4.78, 5) is 10.7. The minimum atomic E-state index is -0.988. The van der Waals surface area contributed by atoms with E-state index in [0.29, 0.717) is 0 Å². The van der Waals surface area contributed by atoms with E-state index in [1.54, 1.807) is 6.92 Å². The first-order chi connectivity index (χ1) is 4.42. The zero-order valence-electron chi connectivity index (χ0n) is 6.29. The summed E-state index contributed by atoms with van der Waals surface area (Å²) in [5.74, 6) is -0.505. The molecule has 1 amide bonds. The van der Waals surface area contributed by atoms with Crippen LogP contribution in [-0.4, -0.2) is 16.7 Å². The van der Waals surface area contributed by atoms with Gasteiger partial charge in [-0.1, -0.05) is 6.92 Å². The van der Waals surface area contributed by atoms with Crippen LogP contribution < -0.4 is 11.5 Å². The Bertz CT molecular complexity index is 136. The third kappa shape index (κ3) is 1.88. The van der Waals surface area contributed by atoms with E-state index >= 15 is 0 Å². The number of nitrogens with two attached hydrogens (primary N) is 2. The van der Waals surface area contributed by atoms with Gasteiger partial charge >= 0.3 is 0 Å². The summed E-state index contributed by atoms with van der Waals surface area (Å²) in [6, 6.07) is 0. The summed E-state index contributed by atoms with van der Waals surface area (Å²) in [7, 11) is 0. The van der Waals surface area contributed by atoms with Crippen LogP contribution in [-0.2, 0) is 4.79 Å². The molecule has 0 saturated carbocycles. The quantitative estimate of drug-likeness (QED) is 0.507. The fourth-order valence-corrected chi connectivity index (χ4v) is 0.715. The second-order valence-electron chi connectivity index (χ2n) is 2.57. The fourth-order valence-electron chi connectivity index (χ4n) is 0.588. The predicted molar refractivity (Wildman–Crippen MR) is 44.9 cm³/mol. The standard InChI is InChI=1S/C6H14N2OS/c1-3-4(10)6(2,8)5(7)9/h4,10H,3,8H2,1-2H3,(H2,7,9). The molecule has 0 spiro atoms. The van der Waals surface area contributed by atoms with Crippen molar-refractivity contribution in [2.75, 3.05) is 0 Å². The minimum absolute atomic E-state index is 0.162. The van der Waals surface area contributed by atoms with E-state index in [1.807, 2.05) is 6.92 Å². The van der Waals surface area contributed by atoms with E-state index < -0.39 is 11.4 Å². The van der Waals surface area contributed by atoms with Gasteiger partial charge < -0.3 is 11.5 Å². The number of carbonyl (C=O) groups is 1. The Labute approximate surface area is 66.6 Å². The van der Waals surface area contributed by atoms with Crippen LogP contribution in [0.5, 0.6) is 0 Å². The van der Waals surface area contributed by atoms with Crippen LogP contribution in [0, 0.1) is 0 Å². The van der Waals surface area contributed by atoms with Crippen molar-refractivity contribution >= 4 is 18.5 Å². The Balaban J connectivity index is 4.23. The summed E-state index contributed by atoms with van der Waals surface area (Å²) < 4.78 is 0. The molecule has 0 aliphatic rings. The smallest absolute Gasteiger partial charge is 0.238 e. The first-order valence-electron chi connectivity index (χ1n) is 3.19. The molecule has 10 heavy (non-hydrogen) atoms. The Hall–Kier alpha value is -0.220. The van der Waals surface area contributed by atoms with E-state index in [4.69, 9.17) is 11.5 Å². The van der Waals surface area contributed by atoms with Gasteiger partial charge in [0.1, 0.15) is 5.54 Å². The lowest BCUT2D eigenvalue weighted by Crippen LogP contribution is -2.55. The Morgan fingerprint density at radius 1 is 1.80 bits per heavy atom. The number of hydrogen-bond acceptors (Lipinski definition) is 3. The maximum absolute atomic E-state index is 10.7. The molecule has 0 aromatic heterocycles. The van der Waals surface area contributed by atoms with E-state index in [9.17, 15) is 4.79 Å². The van der Waals surface area contributed by atoms with Crippen LogP contribution in [0.25, 0.3) is 0 Å². The summed E-state index contributed by atoms with van der Waals surface area (Å²) in [5, 5.41) is -0.162. The molecule has 0 radical (unpaired) electrons. The molecule has 0 aromatic carbocycles. The van der Waals surface area contributed by atoms with Crippen LogP contribution in [0.1, 0.15) is 20.3 Å². The van der Waals surface area contributed by atoms with Crippen molar-refractivity contribution in [3.05, 3.63) is 0 Å². The number of hydrogen-bond donors (Lipinski definition) is 3. The first-order valence-corrected chi connectivity index (χ1v) is 3.71. The molecule has 0 heterocycles. The summed E-state index contributed by atoms with van der Waals surface area (Å²) in [6.45, 7) is 3.50. The maximum Gasteiger partial charge on any atom is 0.238 e. The molecule has 4 N–H and O–H groups in total. The van der Waals surface area contributed by atoms with Gasteiger partial charge in [-0.2, -0.15) is 12.6 Å². The van der Waals surface area contributed by atoms with Gasteiger partial charge in [0, 0.05) is 5.25 Å². The molecule has 2 unspecified atom stereocenters. The number of amides is 1. The van der Waals surface area contributed by atoms with E-state index in [1.165, 1.54) is 0 Å². The van der Waals surface area contributed by atoms with Gasteiger partial charge in [0.05, 0.1) is 0 Å². The SMILES string of the molecule is CCC(S)C(C)(N)C(N)=O. The lowest BCUT2D eigenvalue weighted by molar-refractivity contribution is -0.122. The van der Waals surface area contributed by atoms with Crippen molar-refractivity contribution in [1.82, 2.24) is 0 Å². The highest BCUT2D eigenvalue weighted by Crippen LogP contribution is 2.14. The second-order valence-corrected chi connectivity index (χ2v) is 3.19. The Morgan fingerprint density at radius 2 is 2.20 bits per heavy atom. The van der Waals surface area contributed by atoms with Gasteiger partial charge in [-0.05, 0) is 13.3 Å². The van der Waals surface area contributed by atoms with Gasteiger partial charge in [0.25, 0.3) is 0 Å². The number of rotatable bonds is 3. The zero-order chi connectivity index (χ0) is 8.36. The first kappa shape index (κ1) is 9.78. The molecule has 0 bridgehead atoms. The lowest BCUT2D eigenvalue weighted by atomic mass is 9.96. The summed E-state index contributed by atoms with van der Waals surface area (Å²) in [5.41, 5.74) is 9.61. The Morgan fingerprint density at radius 3 is 2.30 bits per heavy atom. The lowest BCUT2D eigenvalue weighted by Gasteiger charge is -2.25.